The fraction of sp³-hybridized carbons (Fsp3) is 0.120. The topological polar surface area (TPSA) is 46.6 Å². The van der Waals surface area contributed by atoms with Gasteiger partial charge >= 0.3 is 0 Å². The van der Waals surface area contributed by atoms with Crippen molar-refractivity contribution >= 4 is 74.2 Å². The Morgan fingerprint density at radius 3 is 2.27 bits per heavy atom. The minimum absolute atomic E-state index is 0.245. The zero-order valence-electron chi connectivity index (χ0n) is 17.3. The van der Waals surface area contributed by atoms with Crippen LogP contribution in [-0.2, 0) is 17.8 Å². The fourth-order valence-corrected chi connectivity index (χ4v) is 6.26. The number of rotatable bonds is 7. The molecular weight excluding hydrogens is 667 g/mol. The third-order valence-corrected chi connectivity index (χ3v) is 7.47. The second-order valence-electron chi connectivity index (χ2n) is 7.30. The molecular formula is C25H18FI2NO3S. The Labute approximate surface area is 222 Å². The summed E-state index contributed by atoms with van der Waals surface area (Å²) >= 11 is 5.35. The van der Waals surface area contributed by atoms with Crippen molar-refractivity contribution in [2.75, 3.05) is 6.54 Å². The molecule has 4 rings (SSSR count). The summed E-state index contributed by atoms with van der Waals surface area (Å²) in [5, 5.41) is -0.245. The Morgan fingerprint density at radius 1 is 0.939 bits per heavy atom. The standard InChI is InChI=1S/C25H18FI2NO3S/c26-19-8-6-17(7-9-19)15-32-23-20(27)12-18(13-21(23)28)14-22-24(30)29(25(31)33-22)11-10-16-4-2-1-3-5-16/h1-9,12-14H,10-11,15H2/b22-14-. The van der Waals surface area contributed by atoms with Crippen LogP contribution in [-0.4, -0.2) is 22.6 Å². The van der Waals surface area contributed by atoms with Crippen LogP contribution in [0.5, 0.6) is 5.75 Å². The maximum Gasteiger partial charge on any atom is 0.293 e. The number of hydrogen-bond donors (Lipinski definition) is 0. The van der Waals surface area contributed by atoms with Gasteiger partial charge in [-0.05, 0) is 110 Å². The number of halogens is 3. The molecule has 0 N–H and O–H groups in total. The van der Waals surface area contributed by atoms with E-state index in [1.807, 2.05) is 42.5 Å². The molecule has 33 heavy (non-hydrogen) atoms. The lowest BCUT2D eigenvalue weighted by molar-refractivity contribution is -0.122. The number of imide groups is 1. The number of carbonyl (C=O) groups excluding carboxylic acids is 2. The fourth-order valence-electron chi connectivity index (χ4n) is 3.27. The van der Waals surface area contributed by atoms with Crippen molar-refractivity contribution in [3.05, 3.63) is 101 Å². The summed E-state index contributed by atoms with van der Waals surface area (Å²) in [4.78, 5) is 27.0. The van der Waals surface area contributed by atoms with Gasteiger partial charge < -0.3 is 4.74 Å². The number of amides is 2. The Kier molecular flexibility index (Phi) is 8.07. The number of thioether (sulfide) groups is 1. The van der Waals surface area contributed by atoms with Gasteiger partial charge in [0, 0.05) is 6.54 Å². The molecule has 4 nitrogen and oxygen atoms in total. The first kappa shape index (κ1) is 24.2. The van der Waals surface area contributed by atoms with Gasteiger partial charge in [-0.25, -0.2) is 4.39 Å². The van der Waals surface area contributed by atoms with Gasteiger partial charge in [0.2, 0.25) is 0 Å². The molecule has 8 heteroatoms. The molecule has 0 aliphatic carbocycles. The summed E-state index contributed by atoms with van der Waals surface area (Å²) in [6.45, 7) is 0.684. The number of hydrogen-bond acceptors (Lipinski definition) is 4. The van der Waals surface area contributed by atoms with E-state index in [1.165, 1.54) is 17.0 Å². The highest BCUT2D eigenvalue weighted by Gasteiger charge is 2.34. The van der Waals surface area contributed by atoms with Crippen molar-refractivity contribution < 1.29 is 18.7 Å². The summed E-state index contributed by atoms with van der Waals surface area (Å²) in [6, 6.07) is 19.8. The molecule has 0 spiro atoms. The van der Waals surface area contributed by atoms with Gasteiger partial charge in [-0.3, -0.25) is 14.5 Å². The smallest absolute Gasteiger partial charge is 0.293 e. The second-order valence-corrected chi connectivity index (χ2v) is 10.6. The normalized spacial score (nSPS) is 14.9. The van der Waals surface area contributed by atoms with Crippen LogP contribution < -0.4 is 4.74 Å². The quantitative estimate of drug-likeness (QED) is 0.201. The van der Waals surface area contributed by atoms with Crippen molar-refractivity contribution in [2.24, 2.45) is 0 Å². The number of benzene rings is 3. The second kappa shape index (κ2) is 11.0. The average molecular weight is 685 g/mol. The van der Waals surface area contributed by atoms with Gasteiger partial charge in [0.25, 0.3) is 11.1 Å². The first-order chi connectivity index (χ1) is 15.9. The Morgan fingerprint density at radius 2 is 1.61 bits per heavy atom. The Bertz CT molecular complexity index is 1190. The molecule has 0 radical (unpaired) electrons. The lowest BCUT2D eigenvalue weighted by Gasteiger charge is -2.12. The van der Waals surface area contributed by atoms with E-state index >= 15 is 0 Å². The number of ether oxygens (including phenoxy) is 1. The van der Waals surface area contributed by atoms with Crippen molar-refractivity contribution in [3.8, 4) is 5.75 Å². The van der Waals surface area contributed by atoms with Gasteiger partial charge in [0.05, 0.1) is 12.0 Å². The summed E-state index contributed by atoms with van der Waals surface area (Å²) in [7, 11) is 0. The maximum absolute atomic E-state index is 13.1. The van der Waals surface area contributed by atoms with E-state index in [2.05, 4.69) is 45.2 Å². The van der Waals surface area contributed by atoms with E-state index in [4.69, 9.17) is 4.74 Å². The maximum atomic E-state index is 13.1. The van der Waals surface area contributed by atoms with E-state index in [0.29, 0.717) is 24.5 Å². The molecule has 1 heterocycles. The molecule has 0 saturated carbocycles. The monoisotopic (exact) mass is 685 g/mol. The molecule has 1 fully saturated rings. The molecule has 0 aromatic heterocycles. The van der Waals surface area contributed by atoms with Gasteiger partial charge in [0.15, 0.2) is 0 Å². The van der Waals surface area contributed by atoms with Crippen LogP contribution in [0.1, 0.15) is 16.7 Å². The highest BCUT2D eigenvalue weighted by Crippen LogP contribution is 2.35. The van der Waals surface area contributed by atoms with Crippen LogP contribution in [0.3, 0.4) is 0 Å². The molecule has 2 amide bonds. The summed E-state index contributed by atoms with van der Waals surface area (Å²) < 4.78 is 20.8. The SMILES string of the molecule is O=C1S/C(=C\c2cc(I)c(OCc3ccc(F)cc3)c(I)c2)C(=O)N1CCc1ccccc1. The largest absolute Gasteiger partial charge is 0.487 e. The molecule has 168 valence electrons. The molecule has 3 aromatic carbocycles. The van der Waals surface area contributed by atoms with Gasteiger partial charge in [-0.1, -0.05) is 42.5 Å². The molecule has 0 bridgehead atoms. The van der Waals surface area contributed by atoms with Gasteiger partial charge in [0.1, 0.15) is 18.2 Å². The van der Waals surface area contributed by atoms with E-state index in [9.17, 15) is 14.0 Å². The predicted octanol–water partition coefficient (Wildman–Crippen LogP) is 6.89. The Balaban J connectivity index is 1.45. The summed E-state index contributed by atoms with van der Waals surface area (Å²) in [5.74, 6) is 0.188. The zero-order valence-corrected chi connectivity index (χ0v) is 22.4. The third kappa shape index (κ3) is 6.15. The Hall–Kier alpha value is -1.92. The van der Waals surface area contributed by atoms with Gasteiger partial charge in [-0.15, -0.1) is 0 Å². The van der Waals surface area contributed by atoms with Crippen LogP contribution in [0.25, 0.3) is 6.08 Å². The minimum Gasteiger partial charge on any atom is -0.487 e. The van der Waals surface area contributed by atoms with Crippen molar-refractivity contribution in [1.82, 2.24) is 4.90 Å². The van der Waals surface area contributed by atoms with E-state index in [1.54, 1.807) is 18.2 Å². The molecule has 3 aromatic rings. The van der Waals surface area contributed by atoms with Crippen LogP contribution in [0.15, 0.2) is 71.6 Å². The van der Waals surface area contributed by atoms with Crippen LogP contribution in [0, 0.1) is 13.0 Å². The highest BCUT2D eigenvalue weighted by atomic mass is 127. The van der Waals surface area contributed by atoms with Crippen molar-refractivity contribution in [2.45, 2.75) is 13.0 Å². The molecule has 1 aliphatic rings. The van der Waals surface area contributed by atoms with E-state index in [0.717, 1.165) is 41.3 Å². The minimum atomic E-state index is -0.281. The molecule has 0 unspecified atom stereocenters. The predicted molar refractivity (Wildman–Crippen MR) is 145 cm³/mol. The van der Waals surface area contributed by atoms with E-state index < -0.39 is 0 Å². The highest BCUT2D eigenvalue weighted by molar-refractivity contribution is 14.1. The van der Waals surface area contributed by atoms with Crippen molar-refractivity contribution in [1.29, 1.82) is 0 Å². The van der Waals surface area contributed by atoms with Crippen LogP contribution >= 0.6 is 56.9 Å². The first-order valence-electron chi connectivity index (χ1n) is 10.1. The number of carbonyl (C=O) groups is 2. The lowest BCUT2D eigenvalue weighted by atomic mass is 10.1. The van der Waals surface area contributed by atoms with Crippen molar-refractivity contribution in [3.63, 3.8) is 0 Å². The van der Waals surface area contributed by atoms with E-state index in [-0.39, 0.29) is 17.0 Å². The third-order valence-electron chi connectivity index (χ3n) is 4.96. The molecule has 1 saturated heterocycles. The van der Waals surface area contributed by atoms with Gasteiger partial charge in [-0.2, -0.15) is 0 Å². The zero-order chi connectivity index (χ0) is 23.4. The van der Waals surface area contributed by atoms with Crippen LogP contribution in [0.4, 0.5) is 9.18 Å². The summed E-state index contributed by atoms with van der Waals surface area (Å²) in [5.41, 5.74) is 2.78. The average Bonchev–Trinajstić information content (AvgIpc) is 3.06. The van der Waals surface area contributed by atoms with Crippen LogP contribution in [0.2, 0.25) is 0 Å². The number of nitrogens with zero attached hydrogens (tertiary/aromatic N) is 1. The molecule has 1 aliphatic heterocycles. The first-order valence-corrected chi connectivity index (χ1v) is 13.0. The lowest BCUT2D eigenvalue weighted by Crippen LogP contribution is -2.30. The molecule has 0 atom stereocenters. The summed E-state index contributed by atoms with van der Waals surface area (Å²) in [6.07, 6.45) is 2.38.